The van der Waals surface area contributed by atoms with Gasteiger partial charge in [-0.15, -0.1) is 0 Å². The number of benzene rings is 2. The van der Waals surface area contributed by atoms with Crippen molar-refractivity contribution >= 4 is 10.9 Å². The highest BCUT2D eigenvalue weighted by Gasteiger charge is 2.14. The van der Waals surface area contributed by atoms with Crippen LogP contribution in [0.2, 0.25) is 0 Å². The van der Waals surface area contributed by atoms with Crippen LogP contribution < -0.4 is 0 Å². The second-order valence-electron chi connectivity index (χ2n) is 7.91. The topological polar surface area (TPSA) is 51.2 Å². The Labute approximate surface area is 171 Å². The molecule has 2 heterocycles. The maximum Gasteiger partial charge on any atom is 0.195 e. The lowest BCUT2D eigenvalue weighted by molar-refractivity contribution is 0.195. The smallest absolute Gasteiger partial charge is 0.195 e. The number of aliphatic hydroxyl groups excluding tert-OH is 1. The van der Waals surface area contributed by atoms with Gasteiger partial charge in [0, 0.05) is 23.0 Å². The summed E-state index contributed by atoms with van der Waals surface area (Å²) in [6, 6.07) is 19.1. The first-order valence-corrected chi connectivity index (χ1v) is 10.3. The largest absolute Gasteiger partial charge is 0.446 e. The van der Waals surface area contributed by atoms with E-state index in [2.05, 4.69) is 60.0 Å². The van der Waals surface area contributed by atoms with E-state index in [-0.39, 0.29) is 6.10 Å². The number of hydrogen-bond donors (Lipinski definition) is 1. The number of nitrogens with zero attached hydrogens (tertiary/aromatic N) is 2. The molecule has 29 heavy (non-hydrogen) atoms. The summed E-state index contributed by atoms with van der Waals surface area (Å²) in [6.07, 6.45) is 2.08. The Kier molecular flexibility index (Phi) is 5.54. The quantitative estimate of drug-likeness (QED) is 0.484. The van der Waals surface area contributed by atoms with Crippen molar-refractivity contribution in [3.63, 3.8) is 0 Å². The van der Waals surface area contributed by atoms with E-state index >= 15 is 0 Å². The summed E-state index contributed by atoms with van der Waals surface area (Å²) in [5.41, 5.74) is 5.82. The molecule has 0 radical (unpaired) electrons. The van der Waals surface area contributed by atoms with Crippen LogP contribution in [-0.2, 0) is 25.8 Å². The number of oxazole rings is 1. The summed E-state index contributed by atoms with van der Waals surface area (Å²) in [5.74, 6) is 1.69. The molecule has 1 N–H and O–H groups in total. The average molecular weight is 389 g/mol. The molecule has 150 valence electrons. The molecular weight excluding hydrogens is 360 g/mol. The van der Waals surface area contributed by atoms with E-state index in [0.29, 0.717) is 13.0 Å². The minimum atomic E-state index is -0.331. The predicted molar refractivity (Wildman–Crippen MR) is 116 cm³/mol. The van der Waals surface area contributed by atoms with E-state index in [1.807, 2.05) is 19.9 Å². The van der Waals surface area contributed by atoms with E-state index < -0.39 is 0 Å². The fourth-order valence-corrected chi connectivity index (χ4v) is 3.92. The molecule has 0 aliphatic heterocycles. The van der Waals surface area contributed by atoms with E-state index in [1.165, 1.54) is 22.2 Å². The van der Waals surface area contributed by atoms with Crippen LogP contribution in [0.1, 0.15) is 41.1 Å². The molecule has 0 saturated heterocycles. The number of hydrogen-bond acceptors (Lipinski definition) is 3. The van der Waals surface area contributed by atoms with Crippen molar-refractivity contribution in [3.05, 3.63) is 88.8 Å². The van der Waals surface area contributed by atoms with E-state index in [0.717, 1.165) is 35.7 Å². The molecule has 1 unspecified atom stereocenters. The first-order chi connectivity index (χ1) is 14.0. The van der Waals surface area contributed by atoms with Crippen molar-refractivity contribution in [2.75, 3.05) is 0 Å². The molecular formula is C25H28N2O2. The summed E-state index contributed by atoms with van der Waals surface area (Å²) >= 11 is 0. The van der Waals surface area contributed by atoms with Gasteiger partial charge >= 0.3 is 0 Å². The zero-order valence-corrected chi connectivity index (χ0v) is 17.4. The van der Waals surface area contributed by atoms with Crippen molar-refractivity contribution < 1.29 is 9.52 Å². The summed E-state index contributed by atoms with van der Waals surface area (Å²) in [4.78, 5) is 4.78. The van der Waals surface area contributed by atoms with Gasteiger partial charge in [0.1, 0.15) is 11.5 Å². The molecule has 0 aliphatic rings. The summed E-state index contributed by atoms with van der Waals surface area (Å²) in [5, 5.41) is 10.9. The lowest BCUT2D eigenvalue weighted by Crippen LogP contribution is -2.05. The van der Waals surface area contributed by atoms with Gasteiger partial charge in [-0.1, -0.05) is 36.4 Å². The van der Waals surface area contributed by atoms with E-state index in [4.69, 9.17) is 9.40 Å². The normalized spacial score (nSPS) is 12.6. The molecule has 1 atom stereocenters. The Bertz CT molecular complexity index is 1110. The summed E-state index contributed by atoms with van der Waals surface area (Å²) in [6.45, 7) is 6.64. The van der Waals surface area contributed by atoms with Gasteiger partial charge in [0.25, 0.3) is 0 Å². The van der Waals surface area contributed by atoms with Crippen LogP contribution in [0.15, 0.2) is 59.0 Å². The third kappa shape index (κ3) is 4.43. The number of aryl methyl sites for hydroxylation is 4. The van der Waals surface area contributed by atoms with Crippen LogP contribution in [-0.4, -0.2) is 20.8 Å². The molecule has 0 spiro atoms. The molecule has 4 aromatic rings. The zero-order chi connectivity index (χ0) is 20.4. The molecule has 0 bridgehead atoms. The van der Waals surface area contributed by atoms with Crippen LogP contribution >= 0.6 is 0 Å². The van der Waals surface area contributed by atoms with E-state index in [9.17, 15) is 5.11 Å². The molecule has 0 aliphatic carbocycles. The van der Waals surface area contributed by atoms with Gasteiger partial charge in [0.05, 0.1) is 12.6 Å². The Hall–Kier alpha value is -2.85. The molecule has 4 rings (SSSR count). The van der Waals surface area contributed by atoms with Gasteiger partial charge in [0.15, 0.2) is 5.89 Å². The Morgan fingerprint density at radius 2 is 1.79 bits per heavy atom. The zero-order valence-electron chi connectivity index (χ0n) is 17.4. The maximum atomic E-state index is 9.66. The second-order valence-corrected chi connectivity index (χ2v) is 7.91. The van der Waals surface area contributed by atoms with Crippen LogP contribution in [0.3, 0.4) is 0 Å². The van der Waals surface area contributed by atoms with Crippen LogP contribution in [0.25, 0.3) is 10.9 Å². The number of rotatable bonds is 7. The summed E-state index contributed by atoms with van der Waals surface area (Å²) in [7, 11) is 0. The van der Waals surface area contributed by atoms with Crippen LogP contribution in [0.5, 0.6) is 0 Å². The van der Waals surface area contributed by atoms with Crippen LogP contribution in [0.4, 0.5) is 0 Å². The van der Waals surface area contributed by atoms with Crippen LogP contribution in [0, 0.1) is 13.8 Å². The highest BCUT2D eigenvalue weighted by atomic mass is 16.4. The van der Waals surface area contributed by atoms with Crippen molar-refractivity contribution in [2.24, 2.45) is 0 Å². The molecule has 0 amide bonds. The monoisotopic (exact) mass is 388 g/mol. The molecule has 0 fully saturated rings. The molecule has 4 nitrogen and oxygen atoms in total. The van der Waals surface area contributed by atoms with Crippen molar-refractivity contribution in [1.29, 1.82) is 0 Å². The average Bonchev–Trinajstić information content (AvgIpc) is 3.20. The van der Waals surface area contributed by atoms with Gasteiger partial charge in [0.2, 0.25) is 0 Å². The lowest BCUT2D eigenvalue weighted by Gasteiger charge is -2.08. The van der Waals surface area contributed by atoms with Gasteiger partial charge in [-0.05, 0) is 62.9 Å². The Morgan fingerprint density at radius 3 is 2.55 bits per heavy atom. The maximum absolute atomic E-state index is 9.66. The summed E-state index contributed by atoms with van der Waals surface area (Å²) < 4.78 is 8.23. The molecule has 2 aromatic carbocycles. The van der Waals surface area contributed by atoms with Gasteiger partial charge in [-0.25, -0.2) is 4.98 Å². The molecule has 0 saturated carbocycles. The number of fused-ring (bicyclic) bond motifs is 1. The second kappa shape index (κ2) is 8.26. The Balaban J connectivity index is 1.53. The van der Waals surface area contributed by atoms with Crippen molar-refractivity contribution in [3.8, 4) is 0 Å². The van der Waals surface area contributed by atoms with Crippen molar-refractivity contribution in [2.45, 2.75) is 52.7 Å². The lowest BCUT2D eigenvalue weighted by atomic mass is 10.1. The van der Waals surface area contributed by atoms with E-state index in [1.54, 1.807) is 0 Å². The highest BCUT2D eigenvalue weighted by molar-refractivity contribution is 5.82. The third-order valence-electron chi connectivity index (χ3n) is 5.42. The highest BCUT2D eigenvalue weighted by Crippen LogP contribution is 2.24. The number of aromatic nitrogens is 2. The third-order valence-corrected chi connectivity index (χ3v) is 5.42. The minimum Gasteiger partial charge on any atom is -0.446 e. The molecule has 4 heteroatoms. The Morgan fingerprint density at radius 1 is 1.00 bits per heavy atom. The predicted octanol–water partition coefficient (Wildman–Crippen LogP) is 5.00. The first kappa shape index (κ1) is 19.5. The first-order valence-electron chi connectivity index (χ1n) is 10.3. The standard InChI is InChI=1S/C25H28N2O2/c1-17-13-22-15-21(14-18(2)28)9-11-24(22)27(17)16-23-19(3)29-25(26-23)12-10-20-7-5-4-6-8-20/h4-9,11,13,15,18,28H,10,12,14,16H2,1-3H3. The fourth-order valence-electron chi connectivity index (χ4n) is 3.92. The minimum absolute atomic E-state index is 0.331. The molecule has 2 aromatic heterocycles. The van der Waals surface area contributed by atoms with Gasteiger partial charge in [-0.2, -0.15) is 0 Å². The SMILES string of the molecule is Cc1oc(CCc2ccccc2)nc1Cn1c(C)cc2cc(CC(C)O)ccc21. The van der Waals surface area contributed by atoms with Gasteiger partial charge in [-0.3, -0.25) is 0 Å². The number of aliphatic hydroxyl groups is 1. The fraction of sp³-hybridized carbons (Fsp3) is 0.320. The van der Waals surface area contributed by atoms with Crippen molar-refractivity contribution in [1.82, 2.24) is 9.55 Å². The van der Waals surface area contributed by atoms with Gasteiger partial charge < -0.3 is 14.1 Å².